The first-order valence-corrected chi connectivity index (χ1v) is 3.49. The van der Waals surface area contributed by atoms with Crippen molar-refractivity contribution in [3.05, 3.63) is 0 Å². The van der Waals surface area contributed by atoms with Crippen molar-refractivity contribution in [3.8, 4) is 23.7 Å². The standard InChI is InChI=1S/C9H10O2/c1-3-5-9(6-4-2)10-7-8-11-9/h7-8H2,1-2H3. The van der Waals surface area contributed by atoms with E-state index in [1.807, 2.05) is 0 Å². The van der Waals surface area contributed by atoms with Crippen molar-refractivity contribution in [1.82, 2.24) is 0 Å². The van der Waals surface area contributed by atoms with Crippen LogP contribution >= 0.6 is 0 Å². The smallest absolute Gasteiger partial charge is 0.300 e. The van der Waals surface area contributed by atoms with Crippen molar-refractivity contribution >= 4 is 0 Å². The monoisotopic (exact) mass is 150 g/mol. The molecule has 0 amide bonds. The Morgan fingerprint density at radius 2 is 1.45 bits per heavy atom. The molecule has 0 N–H and O–H groups in total. The van der Waals surface area contributed by atoms with Gasteiger partial charge in [0, 0.05) is 0 Å². The molecule has 58 valence electrons. The first kappa shape index (κ1) is 8.14. The second-order valence-electron chi connectivity index (χ2n) is 2.06. The Labute approximate surface area is 66.9 Å². The fourth-order valence-electron chi connectivity index (χ4n) is 0.917. The molecule has 0 aromatic carbocycles. The van der Waals surface area contributed by atoms with Crippen molar-refractivity contribution in [2.24, 2.45) is 0 Å². The number of rotatable bonds is 0. The third kappa shape index (κ3) is 1.74. The van der Waals surface area contributed by atoms with Crippen LogP contribution in [0.5, 0.6) is 0 Å². The zero-order chi connectivity index (χ0) is 8.16. The molecule has 0 spiro atoms. The van der Waals surface area contributed by atoms with E-state index in [1.54, 1.807) is 13.8 Å². The first-order chi connectivity index (χ1) is 5.33. The molecule has 2 heteroatoms. The molecule has 0 saturated carbocycles. The lowest BCUT2D eigenvalue weighted by Gasteiger charge is -2.12. The summed E-state index contributed by atoms with van der Waals surface area (Å²) < 4.78 is 10.5. The van der Waals surface area contributed by atoms with E-state index in [1.165, 1.54) is 0 Å². The summed E-state index contributed by atoms with van der Waals surface area (Å²) in [4.78, 5) is 0. The molecule has 0 aromatic heterocycles. The van der Waals surface area contributed by atoms with Gasteiger partial charge in [-0.25, -0.2) is 0 Å². The first-order valence-electron chi connectivity index (χ1n) is 3.49. The highest BCUT2D eigenvalue weighted by atomic mass is 16.7. The predicted molar refractivity (Wildman–Crippen MR) is 41.5 cm³/mol. The molecule has 0 unspecified atom stereocenters. The maximum Gasteiger partial charge on any atom is 0.300 e. The van der Waals surface area contributed by atoms with Gasteiger partial charge < -0.3 is 9.47 Å². The van der Waals surface area contributed by atoms with E-state index in [0.717, 1.165) is 0 Å². The minimum Gasteiger partial charge on any atom is -0.327 e. The van der Waals surface area contributed by atoms with E-state index in [-0.39, 0.29) is 0 Å². The van der Waals surface area contributed by atoms with Crippen LogP contribution in [0.1, 0.15) is 13.8 Å². The van der Waals surface area contributed by atoms with Crippen LogP contribution in [0, 0.1) is 23.7 Å². The van der Waals surface area contributed by atoms with Gasteiger partial charge in [-0.2, -0.15) is 0 Å². The molecule has 0 aromatic rings. The normalized spacial score (nSPS) is 19.5. The Morgan fingerprint density at radius 3 is 1.82 bits per heavy atom. The largest absolute Gasteiger partial charge is 0.327 e. The fourth-order valence-corrected chi connectivity index (χ4v) is 0.917. The molecule has 0 radical (unpaired) electrons. The van der Waals surface area contributed by atoms with Gasteiger partial charge in [-0.05, 0) is 25.7 Å². The summed E-state index contributed by atoms with van der Waals surface area (Å²) in [5.41, 5.74) is 0. The van der Waals surface area contributed by atoms with Crippen LogP contribution in [-0.2, 0) is 9.47 Å². The van der Waals surface area contributed by atoms with Crippen LogP contribution in [0.25, 0.3) is 0 Å². The summed E-state index contributed by atoms with van der Waals surface area (Å²) in [6.07, 6.45) is 0. The van der Waals surface area contributed by atoms with Crippen LogP contribution in [0.3, 0.4) is 0 Å². The minimum absolute atomic E-state index is 0.573. The summed E-state index contributed by atoms with van der Waals surface area (Å²) in [5, 5.41) is 0. The van der Waals surface area contributed by atoms with Crippen molar-refractivity contribution in [2.75, 3.05) is 13.2 Å². The Bertz CT molecular complexity index is 218. The second-order valence-corrected chi connectivity index (χ2v) is 2.06. The SMILES string of the molecule is CC#CC1(C#CC)OCCO1. The van der Waals surface area contributed by atoms with Gasteiger partial charge >= 0.3 is 5.79 Å². The summed E-state index contributed by atoms with van der Waals surface area (Å²) in [7, 11) is 0. The van der Waals surface area contributed by atoms with Crippen molar-refractivity contribution < 1.29 is 9.47 Å². The van der Waals surface area contributed by atoms with E-state index in [0.29, 0.717) is 13.2 Å². The maximum atomic E-state index is 5.25. The molecule has 1 rings (SSSR count). The van der Waals surface area contributed by atoms with Gasteiger partial charge in [-0.15, -0.1) is 11.8 Å². The highest BCUT2D eigenvalue weighted by molar-refractivity contribution is 5.25. The molecule has 0 bridgehead atoms. The van der Waals surface area contributed by atoms with E-state index < -0.39 is 5.79 Å². The van der Waals surface area contributed by atoms with Crippen molar-refractivity contribution in [1.29, 1.82) is 0 Å². The maximum absolute atomic E-state index is 5.25. The van der Waals surface area contributed by atoms with Gasteiger partial charge in [0.2, 0.25) is 0 Å². The van der Waals surface area contributed by atoms with Crippen LogP contribution in [0.15, 0.2) is 0 Å². The highest BCUT2D eigenvalue weighted by Crippen LogP contribution is 2.16. The highest BCUT2D eigenvalue weighted by Gasteiger charge is 2.32. The fraction of sp³-hybridized carbons (Fsp3) is 0.556. The topological polar surface area (TPSA) is 18.5 Å². The molecule has 0 aliphatic carbocycles. The lowest BCUT2D eigenvalue weighted by Crippen LogP contribution is -2.25. The average molecular weight is 150 g/mol. The lowest BCUT2D eigenvalue weighted by atomic mass is 10.3. The zero-order valence-corrected chi connectivity index (χ0v) is 6.73. The molecular weight excluding hydrogens is 140 g/mol. The van der Waals surface area contributed by atoms with Gasteiger partial charge in [0.1, 0.15) is 0 Å². The molecular formula is C9H10O2. The van der Waals surface area contributed by atoms with E-state index in [2.05, 4.69) is 23.7 Å². The third-order valence-electron chi connectivity index (χ3n) is 1.27. The van der Waals surface area contributed by atoms with Gasteiger partial charge in [0.25, 0.3) is 0 Å². The Hall–Kier alpha value is -0.960. The average Bonchev–Trinajstić information content (AvgIpc) is 2.39. The van der Waals surface area contributed by atoms with Gasteiger partial charge in [0.05, 0.1) is 13.2 Å². The Kier molecular flexibility index (Phi) is 2.54. The van der Waals surface area contributed by atoms with E-state index in [4.69, 9.17) is 9.47 Å². The van der Waals surface area contributed by atoms with Gasteiger partial charge in [-0.3, -0.25) is 0 Å². The minimum atomic E-state index is -0.927. The Balaban J connectivity index is 2.81. The summed E-state index contributed by atoms with van der Waals surface area (Å²) in [6, 6.07) is 0. The van der Waals surface area contributed by atoms with Crippen molar-refractivity contribution in [3.63, 3.8) is 0 Å². The van der Waals surface area contributed by atoms with Crippen LogP contribution in [0.4, 0.5) is 0 Å². The molecule has 2 nitrogen and oxygen atoms in total. The molecule has 1 heterocycles. The molecule has 1 aliphatic rings. The van der Waals surface area contributed by atoms with Gasteiger partial charge in [-0.1, -0.05) is 0 Å². The zero-order valence-electron chi connectivity index (χ0n) is 6.73. The predicted octanol–water partition coefficient (Wildman–Crippen LogP) is 0.776. The number of hydrogen-bond acceptors (Lipinski definition) is 2. The van der Waals surface area contributed by atoms with Gasteiger partial charge in [0.15, 0.2) is 0 Å². The number of hydrogen-bond donors (Lipinski definition) is 0. The third-order valence-corrected chi connectivity index (χ3v) is 1.27. The summed E-state index contributed by atoms with van der Waals surface area (Å²) in [6.45, 7) is 4.63. The molecule has 1 saturated heterocycles. The van der Waals surface area contributed by atoms with Crippen molar-refractivity contribution in [2.45, 2.75) is 19.6 Å². The summed E-state index contributed by atoms with van der Waals surface area (Å²) in [5.74, 6) is 10.1. The Morgan fingerprint density at radius 1 is 1.00 bits per heavy atom. The van der Waals surface area contributed by atoms with E-state index in [9.17, 15) is 0 Å². The lowest BCUT2D eigenvalue weighted by molar-refractivity contribution is -0.0573. The van der Waals surface area contributed by atoms with E-state index >= 15 is 0 Å². The molecule has 1 aliphatic heterocycles. The number of ether oxygens (including phenoxy) is 2. The quantitative estimate of drug-likeness (QED) is 0.475. The van der Waals surface area contributed by atoms with Crippen LogP contribution in [0.2, 0.25) is 0 Å². The molecule has 1 fully saturated rings. The van der Waals surface area contributed by atoms with Crippen LogP contribution in [-0.4, -0.2) is 19.0 Å². The summed E-state index contributed by atoms with van der Waals surface area (Å²) >= 11 is 0. The molecule has 0 atom stereocenters. The van der Waals surface area contributed by atoms with Crippen LogP contribution < -0.4 is 0 Å². The second kappa shape index (κ2) is 3.44. The molecule has 11 heavy (non-hydrogen) atoms.